The molecule has 0 atom stereocenters. The fraction of sp³-hybridized carbons (Fsp3) is 0.375. The van der Waals surface area contributed by atoms with Gasteiger partial charge in [0.1, 0.15) is 0 Å². The highest BCUT2D eigenvalue weighted by Crippen LogP contribution is 2.33. The van der Waals surface area contributed by atoms with Crippen LogP contribution in [0.4, 0.5) is 13.2 Å². The predicted octanol–water partition coefficient (Wildman–Crippen LogP) is 2.42. The number of rotatable bonds is 3. The van der Waals surface area contributed by atoms with E-state index in [2.05, 4.69) is 5.10 Å². The molecule has 0 unspecified atom stereocenters. The molecular weight excluding hydrogens is 323 g/mol. The molecule has 0 saturated carbocycles. The van der Waals surface area contributed by atoms with E-state index in [0.29, 0.717) is 18.8 Å². The fourth-order valence-electron chi connectivity index (χ4n) is 2.65. The lowest BCUT2D eigenvalue weighted by atomic mass is 10.2. The summed E-state index contributed by atoms with van der Waals surface area (Å²) in [6.07, 6.45) is -3.66. The summed E-state index contributed by atoms with van der Waals surface area (Å²) in [5.41, 5.74) is -0.750. The molecule has 128 valence electrons. The van der Waals surface area contributed by atoms with Crippen LogP contribution in [0.2, 0.25) is 0 Å². The molecule has 1 amide bonds. The second-order valence-electron chi connectivity index (χ2n) is 5.45. The number of hydrogen-bond donors (Lipinski definition) is 0. The van der Waals surface area contributed by atoms with Crippen LogP contribution < -0.4 is 0 Å². The zero-order valence-corrected chi connectivity index (χ0v) is 12.8. The van der Waals surface area contributed by atoms with Crippen LogP contribution >= 0.6 is 0 Å². The lowest BCUT2D eigenvalue weighted by molar-refractivity contribution is -0.144. The van der Waals surface area contributed by atoms with E-state index in [0.717, 1.165) is 10.9 Å². The van der Waals surface area contributed by atoms with Crippen LogP contribution in [-0.2, 0) is 17.5 Å². The first-order valence-corrected chi connectivity index (χ1v) is 7.51. The first kappa shape index (κ1) is 16.5. The van der Waals surface area contributed by atoms with Gasteiger partial charge in [0, 0.05) is 13.1 Å². The first-order chi connectivity index (χ1) is 11.5. The molecule has 1 fully saturated rings. The maximum Gasteiger partial charge on any atom is 0.433 e. The number of nitrogens with zero attached hydrogens (tertiary/aromatic N) is 3. The number of ether oxygens (including phenoxy) is 1. The maximum atomic E-state index is 13.5. The zero-order chi connectivity index (χ0) is 17.2. The van der Waals surface area contributed by atoms with Crippen molar-refractivity contribution in [2.75, 3.05) is 26.3 Å². The Morgan fingerprint density at radius 3 is 2.46 bits per heavy atom. The van der Waals surface area contributed by atoms with Gasteiger partial charge in [-0.3, -0.25) is 9.48 Å². The van der Waals surface area contributed by atoms with Gasteiger partial charge in [-0.05, 0) is 5.56 Å². The second kappa shape index (κ2) is 6.64. The summed E-state index contributed by atoms with van der Waals surface area (Å²) in [5.74, 6) is -0.662. The van der Waals surface area contributed by atoms with Gasteiger partial charge in [0.05, 0.1) is 31.5 Å². The molecule has 1 aliphatic heterocycles. The number of amides is 1. The molecule has 0 N–H and O–H groups in total. The maximum absolute atomic E-state index is 13.5. The van der Waals surface area contributed by atoms with E-state index in [9.17, 15) is 18.0 Å². The summed E-state index contributed by atoms with van der Waals surface area (Å²) < 4.78 is 46.5. The Morgan fingerprint density at radius 2 is 1.83 bits per heavy atom. The van der Waals surface area contributed by atoms with Crippen LogP contribution in [0, 0.1) is 0 Å². The van der Waals surface area contributed by atoms with Crippen LogP contribution in [0.15, 0.2) is 36.5 Å². The summed E-state index contributed by atoms with van der Waals surface area (Å²) >= 11 is 0. The van der Waals surface area contributed by atoms with E-state index in [1.165, 1.54) is 4.90 Å². The Labute approximate surface area is 136 Å². The van der Waals surface area contributed by atoms with Gasteiger partial charge in [-0.2, -0.15) is 18.3 Å². The molecule has 0 bridgehead atoms. The number of carbonyl (C=O) groups is 1. The third-order valence-corrected chi connectivity index (χ3v) is 3.81. The Kier molecular flexibility index (Phi) is 4.57. The third kappa shape index (κ3) is 3.43. The van der Waals surface area contributed by atoms with Gasteiger partial charge in [0.25, 0.3) is 5.91 Å². The van der Waals surface area contributed by atoms with E-state index in [4.69, 9.17) is 4.74 Å². The van der Waals surface area contributed by atoms with Gasteiger partial charge >= 0.3 is 6.18 Å². The van der Waals surface area contributed by atoms with Crippen molar-refractivity contribution in [3.63, 3.8) is 0 Å². The van der Waals surface area contributed by atoms with Crippen LogP contribution in [0.5, 0.6) is 0 Å². The number of morpholine rings is 1. The van der Waals surface area contributed by atoms with Gasteiger partial charge in [-0.15, -0.1) is 0 Å². The minimum atomic E-state index is -4.66. The van der Waals surface area contributed by atoms with Gasteiger partial charge in [0.2, 0.25) is 0 Å². The molecule has 3 rings (SSSR count). The molecule has 1 saturated heterocycles. The van der Waals surface area contributed by atoms with E-state index >= 15 is 0 Å². The number of alkyl halides is 3. The summed E-state index contributed by atoms with van der Waals surface area (Å²) in [5, 5.41) is 3.81. The SMILES string of the molecule is O=C(c1cnn(Cc2ccccc2)c1C(F)(F)F)N1CCOCC1. The molecule has 2 aromatic rings. The van der Waals surface area contributed by atoms with Crippen molar-refractivity contribution >= 4 is 5.91 Å². The molecule has 8 heteroatoms. The van der Waals surface area contributed by atoms with Crippen LogP contribution in [0.3, 0.4) is 0 Å². The van der Waals surface area contributed by atoms with Crippen molar-refractivity contribution in [3.05, 3.63) is 53.3 Å². The van der Waals surface area contributed by atoms with E-state index in [1.54, 1.807) is 30.3 Å². The molecule has 2 heterocycles. The summed E-state index contributed by atoms with van der Waals surface area (Å²) in [7, 11) is 0. The molecule has 1 aromatic heterocycles. The standard InChI is InChI=1S/C16H16F3N3O2/c17-16(18,19)14-13(15(23)21-6-8-24-9-7-21)10-20-22(14)11-12-4-2-1-3-5-12/h1-5,10H,6-9,11H2. The quantitative estimate of drug-likeness (QED) is 0.863. The summed E-state index contributed by atoms with van der Waals surface area (Å²) in [4.78, 5) is 13.8. The van der Waals surface area contributed by atoms with Crippen LogP contribution in [0.1, 0.15) is 21.6 Å². The Balaban J connectivity index is 1.93. The van der Waals surface area contributed by atoms with Crippen molar-refractivity contribution in [3.8, 4) is 0 Å². The van der Waals surface area contributed by atoms with Crippen molar-refractivity contribution in [2.45, 2.75) is 12.7 Å². The first-order valence-electron chi connectivity index (χ1n) is 7.51. The monoisotopic (exact) mass is 339 g/mol. The molecule has 0 spiro atoms. The lowest BCUT2D eigenvalue weighted by Crippen LogP contribution is -2.41. The number of carbonyl (C=O) groups excluding carboxylic acids is 1. The topological polar surface area (TPSA) is 47.4 Å². The highest BCUT2D eigenvalue weighted by atomic mass is 19.4. The van der Waals surface area contributed by atoms with Gasteiger partial charge in [-0.1, -0.05) is 30.3 Å². The van der Waals surface area contributed by atoms with Crippen molar-refractivity contribution < 1.29 is 22.7 Å². The van der Waals surface area contributed by atoms with Crippen LogP contribution in [0.25, 0.3) is 0 Å². The fourth-order valence-corrected chi connectivity index (χ4v) is 2.65. The van der Waals surface area contributed by atoms with Crippen molar-refractivity contribution in [1.29, 1.82) is 0 Å². The Morgan fingerprint density at radius 1 is 1.17 bits per heavy atom. The normalized spacial score (nSPS) is 15.5. The highest BCUT2D eigenvalue weighted by Gasteiger charge is 2.41. The molecule has 1 aromatic carbocycles. The number of hydrogen-bond acceptors (Lipinski definition) is 3. The summed E-state index contributed by atoms with van der Waals surface area (Å²) in [6, 6.07) is 8.69. The molecule has 0 aliphatic carbocycles. The van der Waals surface area contributed by atoms with E-state index in [1.807, 2.05) is 0 Å². The largest absolute Gasteiger partial charge is 0.433 e. The summed E-state index contributed by atoms with van der Waals surface area (Å²) in [6.45, 7) is 1.16. The minimum absolute atomic E-state index is 0.0495. The molecule has 24 heavy (non-hydrogen) atoms. The average Bonchev–Trinajstić information content (AvgIpc) is 3.00. The van der Waals surface area contributed by atoms with Gasteiger partial charge < -0.3 is 9.64 Å². The molecular formula is C16H16F3N3O2. The predicted molar refractivity (Wildman–Crippen MR) is 79.5 cm³/mol. The minimum Gasteiger partial charge on any atom is -0.378 e. The smallest absolute Gasteiger partial charge is 0.378 e. The number of benzene rings is 1. The molecule has 0 radical (unpaired) electrons. The average molecular weight is 339 g/mol. The van der Waals surface area contributed by atoms with Crippen LogP contribution in [-0.4, -0.2) is 46.9 Å². The van der Waals surface area contributed by atoms with Crippen molar-refractivity contribution in [1.82, 2.24) is 14.7 Å². The van der Waals surface area contributed by atoms with Gasteiger partial charge in [0.15, 0.2) is 5.69 Å². The zero-order valence-electron chi connectivity index (χ0n) is 12.8. The molecule has 1 aliphatic rings. The van der Waals surface area contributed by atoms with Crippen molar-refractivity contribution in [2.24, 2.45) is 0 Å². The second-order valence-corrected chi connectivity index (χ2v) is 5.45. The third-order valence-electron chi connectivity index (χ3n) is 3.81. The van der Waals surface area contributed by atoms with Gasteiger partial charge in [-0.25, -0.2) is 0 Å². The Bertz CT molecular complexity index is 707. The number of aromatic nitrogens is 2. The molecule has 5 nitrogen and oxygen atoms in total. The number of halogens is 3. The lowest BCUT2D eigenvalue weighted by Gasteiger charge is -2.27. The van der Waals surface area contributed by atoms with E-state index < -0.39 is 23.3 Å². The van der Waals surface area contributed by atoms with E-state index in [-0.39, 0.29) is 19.6 Å². The Hall–Kier alpha value is -2.35. The highest BCUT2D eigenvalue weighted by molar-refractivity contribution is 5.95.